The van der Waals surface area contributed by atoms with E-state index in [0.717, 1.165) is 0 Å². The van der Waals surface area contributed by atoms with Gasteiger partial charge in [-0.25, -0.2) is 0 Å². The molecule has 1 aliphatic heterocycles. The van der Waals surface area contributed by atoms with Crippen molar-refractivity contribution in [2.45, 2.75) is 26.8 Å². The van der Waals surface area contributed by atoms with Gasteiger partial charge in [-0.3, -0.25) is 25.2 Å². The van der Waals surface area contributed by atoms with Crippen LogP contribution in [0.5, 0.6) is 5.75 Å². The number of carbonyl (C=O) groups excluding carboxylic acids is 3. The fourth-order valence-corrected chi connectivity index (χ4v) is 2.95. The number of hydrazine groups is 1. The van der Waals surface area contributed by atoms with Crippen molar-refractivity contribution in [2.24, 2.45) is 11.8 Å². The van der Waals surface area contributed by atoms with E-state index in [4.69, 9.17) is 9.15 Å². The number of ether oxygens (including phenoxy) is 1. The fourth-order valence-electron chi connectivity index (χ4n) is 2.95. The van der Waals surface area contributed by atoms with Crippen molar-refractivity contribution in [3.8, 4) is 5.75 Å². The average Bonchev–Trinajstić information content (AvgIpc) is 3.35. The van der Waals surface area contributed by atoms with Gasteiger partial charge in [0.25, 0.3) is 5.91 Å². The van der Waals surface area contributed by atoms with Crippen molar-refractivity contribution in [1.29, 1.82) is 0 Å². The van der Waals surface area contributed by atoms with E-state index in [1.165, 1.54) is 0 Å². The van der Waals surface area contributed by atoms with Crippen molar-refractivity contribution < 1.29 is 23.5 Å². The molecule has 3 rings (SSSR count). The molecule has 0 spiro atoms. The van der Waals surface area contributed by atoms with Gasteiger partial charge in [-0.2, -0.15) is 0 Å². The predicted molar refractivity (Wildman–Crippen MR) is 105 cm³/mol. The van der Waals surface area contributed by atoms with Crippen LogP contribution in [0, 0.1) is 11.8 Å². The molecular weight excluding hydrogens is 374 g/mol. The maximum absolute atomic E-state index is 12.3. The molecule has 1 aliphatic rings. The molecule has 2 heterocycles. The number of furan rings is 1. The Bertz CT molecular complexity index is 846. The number of nitrogens with one attached hydrogen (secondary N) is 2. The SMILES string of the molecule is CC(C)COc1ccc(C(=O)NNC(=O)C2CC(=O)N(Cc3ccco3)C2)cc1. The molecule has 1 unspecified atom stereocenters. The van der Waals surface area contributed by atoms with Crippen LogP contribution in [0.25, 0.3) is 0 Å². The molecule has 3 amide bonds. The third-order valence-corrected chi connectivity index (χ3v) is 4.51. The Kier molecular flexibility index (Phi) is 6.54. The Balaban J connectivity index is 1.46. The van der Waals surface area contributed by atoms with Gasteiger partial charge in [0.15, 0.2) is 0 Å². The first-order chi connectivity index (χ1) is 13.9. The van der Waals surface area contributed by atoms with E-state index in [9.17, 15) is 14.4 Å². The van der Waals surface area contributed by atoms with Crippen molar-refractivity contribution in [1.82, 2.24) is 15.8 Å². The summed E-state index contributed by atoms with van der Waals surface area (Å²) in [6.07, 6.45) is 1.64. The molecule has 0 aliphatic carbocycles. The molecule has 8 heteroatoms. The van der Waals surface area contributed by atoms with Crippen LogP contribution >= 0.6 is 0 Å². The minimum absolute atomic E-state index is 0.101. The molecule has 2 aromatic rings. The number of likely N-dealkylation sites (tertiary alicyclic amines) is 1. The zero-order valence-corrected chi connectivity index (χ0v) is 16.5. The molecule has 29 heavy (non-hydrogen) atoms. The van der Waals surface area contributed by atoms with Crippen molar-refractivity contribution in [2.75, 3.05) is 13.2 Å². The summed E-state index contributed by atoms with van der Waals surface area (Å²) < 4.78 is 10.8. The van der Waals surface area contributed by atoms with Gasteiger partial charge in [0.05, 0.1) is 25.3 Å². The number of rotatable bonds is 7. The van der Waals surface area contributed by atoms with Gasteiger partial charge in [0.2, 0.25) is 11.8 Å². The first-order valence-corrected chi connectivity index (χ1v) is 9.55. The monoisotopic (exact) mass is 399 g/mol. The zero-order chi connectivity index (χ0) is 20.8. The Labute approximate surface area is 169 Å². The lowest BCUT2D eigenvalue weighted by Crippen LogP contribution is -2.45. The standard InChI is InChI=1S/C21H25N3O5/c1-14(2)13-29-17-7-5-15(6-8-17)20(26)22-23-21(27)16-10-19(25)24(11-16)12-18-4-3-9-28-18/h3-9,14,16H,10-13H2,1-2H3,(H,22,26)(H,23,27). The molecule has 0 bridgehead atoms. The van der Waals surface area contributed by atoms with E-state index in [1.807, 2.05) is 0 Å². The molecule has 0 radical (unpaired) electrons. The Morgan fingerprint density at radius 2 is 1.97 bits per heavy atom. The molecular formula is C21H25N3O5. The van der Waals surface area contributed by atoms with Gasteiger partial charge >= 0.3 is 0 Å². The third kappa shape index (κ3) is 5.60. The minimum Gasteiger partial charge on any atom is -0.493 e. The number of hydrogen-bond donors (Lipinski definition) is 2. The molecule has 1 aromatic heterocycles. The van der Waals surface area contributed by atoms with Gasteiger partial charge in [0, 0.05) is 18.5 Å². The first-order valence-electron chi connectivity index (χ1n) is 9.55. The highest BCUT2D eigenvalue weighted by Crippen LogP contribution is 2.20. The number of nitrogens with zero attached hydrogens (tertiary/aromatic N) is 1. The molecule has 1 saturated heterocycles. The van der Waals surface area contributed by atoms with E-state index in [2.05, 4.69) is 24.7 Å². The van der Waals surface area contributed by atoms with E-state index < -0.39 is 17.7 Å². The maximum atomic E-state index is 12.3. The maximum Gasteiger partial charge on any atom is 0.269 e. The summed E-state index contributed by atoms with van der Waals surface area (Å²) in [5, 5.41) is 0. The number of hydrogen-bond acceptors (Lipinski definition) is 5. The molecule has 1 atom stereocenters. The van der Waals surface area contributed by atoms with E-state index in [0.29, 0.717) is 36.1 Å². The number of carbonyl (C=O) groups is 3. The average molecular weight is 399 g/mol. The van der Waals surface area contributed by atoms with Crippen LogP contribution in [0.3, 0.4) is 0 Å². The van der Waals surface area contributed by atoms with Crippen LogP contribution in [0.2, 0.25) is 0 Å². The lowest BCUT2D eigenvalue weighted by Gasteiger charge is -2.15. The highest BCUT2D eigenvalue weighted by Gasteiger charge is 2.34. The Hall–Kier alpha value is -3.29. The lowest BCUT2D eigenvalue weighted by molar-refractivity contribution is -0.129. The van der Waals surface area contributed by atoms with Crippen LogP contribution in [-0.2, 0) is 16.1 Å². The predicted octanol–water partition coefficient (Wildman–Crippen LogP) is 2.12. The van der Waals surface area contributed by atoms with Crippen molar-refractivity contribution in [3.05, 3.63) is 54.0 Å². The summed E-state index contributed by atoms with van der Waals surface area (Å²) in [5.41, 5.74) is 5.19. The molecule has 0 saturated carbocycles. The van der Waals surface area contributed by atoms with Gasteiger partial charge in [-0.15, -0.1) is 0 Å². The highest BCUT2D eigenvalue weighted by molar-refractivity contribution is 5.96. The lowest BCUT2D eigenvalue weighted by atomic mass is 10.1. The van der Waals surface area contributed by atoms with Gasteiger partial charge in [-0.05, 0) is 42.3 Å². The second-order valence-electron chi connectivity index (χ2n) is 7.43. The second kappa shape index (κ2) is 9.27. The Morgan fingerprint density at radius 3 is 2.62 bits per heavy atom. The van der Waals surface area contributed by atoms with Crippen LogP contribution in [-0.4, -0.2) is 35.8 Å². The van der Waals surface area contributed by atoms with Crippen LogP contribution < -0.4 is 15.6 Å². The second-order valence-corrected chi connectivity index (χ2v) is 7.43. The van der Waals surface area contributed by atoms with Gasteiger partial charge in [-0.1, -0.05) is 13.8 Å². The molecule has 1 aromatic carbocycles. The quantitative estimate of drug-likeness (QED) is 0.695. The molecule has 8 nitrogen and oxygen atoms in total. The molecule has 2 N–H and O–H groups in total. The summed E-state index contributed by atoms with van der Waals surface area (Å²) in [6.45, 7) is 5.31. The number of benzene rings is 1. The van der Waals surface area contributed by atoms with Crippen LogP contribution in [0.1, 0.15) is 36.4 Å². The first kappa shape index (κ1) is 20.4. The summed E-state index contributed by atoms with van der Waals surface area (Å²) in [4.78, 5) is 38.2. The van der Waals surface area contributed by atoms with Crippen molar-refractivity contribution in [3.63, 3.8) is 0 Å². The van der Waals surface area contributed by atoms with Crippen molar-refractivity contribution >= 4 is 17.7 Å². The topological polar surface area (TPSA) is 101 Å². The summed E-state index contributed by atoms with van der Waals surface area (Å²) >= 11 is 0. The highest BCUT2D eigenvalue weighted by atomic mass is 16.5. The normalized spacial score (nSPS) is 16.2. The fraction of sp³-hybridized carbons (Fsp3) is 0.381. The van der Waals surface area contributed by atoms with Crippen LogP contribution in [0.4, 0.5) is 0 Å². The largest absolute Gasteiger partial charge is 0.493 e. The Morgan fingerprint density at radius 1 is 1.21 bits per heavy atom. The third-order valence-electron chi connectivity index (χ3n) is 4.51. The van der Waals surface area contributed by atoms with E-state index >= 15 is 0 Å². The van der Waals surface area contributed by atoms with Gasteiger partial charge < -0.3 is 14.1 Å². The van der Waals surface area contributed by atoms with Crippen LogP contribution in [0.15, 0.2) is 47.1 Å². The van der Waals surface area contributed by atoms with Gasteiger partial charge in [0.1, 0.15) is 11.5 Å². The minimum atomic E-state index is -0.524. The van der Waals surface area contributed by atoms with E-state index in [1.54, 1.807) is 47.6 Å². The summed E-state index contributed by atoms with van der Waals surface area (Å²) in [7, 11) is 0. The van der Waals surface area contributed by atoms with E-state index in [-0.39, 0.29) is 18.9 Å². The zero-order valence-electron chi connectivity index (χ0n) is 16.5. The summed E-state index contributed by atoms with van der Waals surface area (Å²) in [5.74, 6) is 0.269. The molecule has 1 fully saturated rings. The molecule has 154 valence electrons. The smallest absolute Gasteiger partial charge is 0.269 e. The summed E-state index contributed by atoms with van der Waals surface area (Å²) in [6, 6.07) is 10.2. The number of amides is 3.